The van der Waals surface area contributed by atoms with E-state index in [2.05, 4.69) is 11.8 Å². The van der Waals surface area contributed by atoms with Crippen LogP contribution in [-0.4, -0.2) is 30.4 Å². The first kappa shape index (κ1) is 10.3. The second kappa shape index (κ2) is 7.39. The number of hydrogen-bond donors (Lipinski definition) is 0. The fourth-order valence-corrected chi connectivity index (χ4v) is 1.01. The highest BCUT2D eigenvalue weighted by molar-refractivity contribution is 6.25. The van der Waals surface area contributed by atoms with E-state index < -0.39 is 0 Å². The normalized spacial score (nSPS) is 11.6. The summed E-state index contributed by atoms with van der Waals surface area (Å²) in [6.07, 6.45) is 1.91. The van der Waals surface area contributed by atoms with Gasteiger partial charge >= 0.3 is 0 Å². The van der Waals surface area contributed by atoms with Crippen molar-refractivity contribution in [3.8, 4) is 0 Å². The Morgan fingerprint density at radius 1 is 1.50 bits per heavy atom. The molecule has 0 aliphatic rings. The van der Waals surface area contributed by atoms with Crippen molar-refractivity contribution in [2.24, 2.45) is 0 Å². The lowest BCUT2D eigenvalue weighted by Gasteiger charge is -2.15. The van der Waals surface area contributed by atoms with E-state index in [0.29, 0.717) is 5.88 Å². The lowest BCUT2D eigenvalue weighted by Crippen LogP contribution is -2.25. The second-order valence-corrected chi connectivity index (χ2v) is 2.57. The van der Waals surface area contributed by atoms with Crippen LogP contribution >= 0.6 is 23.2 Å². The van der Waals surface area contributed by atoms with E-state index in [1.54, 1.807) is 0 Å². The van der Waals surface area contributed by atoms with E-state index in [-0.39, 0.29) is 0 Å². The van der Waals surface area contributed by atoms with Crippen LogP contribution in [0.3, 0.4) is 0 Å². The largest absolute Gasteiger partial charge is 0.299 e. The Hall–Kier alpha value is 0.280. The Morgan fingerprint density at radius 3 is 2.60 bits per heavy atom. The third kappa shape index (κ3) is 5.10. The molecule has 0 aromatic heterocycles. The van der Waals surface area contributed by atoms with Crippen molar-refractivity contribution in [1.82, 2.24) is 4.90 Å². The van der Waals surface area contributed by atoms with Gasteiger partial charge in [0, 0.05) is 24.5 Å². The van der Waals surface area contributed by atoms with Crippen molar-refractivity contribution in [3.63, 3.8) is 0 Å². The van der Waals surface area contributed by atoms with Crippen molar-refractivity contribution in [1.29, 1.82) is 0 Å². The van der Waals surface area contributed by atoms with Crippen LogP contribution in [0.1, 0.15) is 6.92 Å². The Balaban J connectivity index is 3.39. The van der Waals surface area contributed by atoms with Gasteiger partial charge in [-0.2, -0.15) is 0 Å². The maximum absolute atomic E-state index is 5.56. The predicted octanol–water partition coefficient (Wildman–Crippen LogP) is 2.30. The molecule has 0 aromatic rings. The maximum Gasteiger partial charge on any atom is 0.0351 e. The Bertz CT molecular complexity index is 93.6. The van der Waals surface area contributed by atoms with Gasteiger partial charge in [-0.05, 0) is 6.54 Å². The summed E-state index contributed by atoms with van der Waals surface area (Å²) in [5.74, 6) is 0.684. The average Bonchev–Trinajstić information content (AvgIpc) is 1.98. The molecule has 0 bridgehead atoms. The molecule has 0 amide bonds. The van der Waals surface area contributed by atoms with Gasteiger partial charge in [0.25, 0.3) is 0 Å². The molecule has 0 saturated carbocycles. The third-order valence-corrected chi connectivity index (χ3v) is 1.65. The zero-order valence-corrected chi connectivity index (χ0v) is 7.70. The minimum absolute atomic E-state index is 0.684. The maximum atomic E-state index is 5.56. The average molecular weight is 182 g/mol. The van der Waals surface area contributed by atoms with Crippen molar-refractivity contribution < 1.29 is 0 Å². The van der Waals surface area contributed by atoms with Crippen LogP contribution in [-0.2, 0) is 0 Å². The molecule has 0 aromatic carbocycles. The van der Waals surface area contributed by atoms with Gasteiger partial charge in [0.15, 0.2) is 0 Å². The molecule has 0 unspecified atom stereocenters. The number of hydrogen-bond acceptors (Lipinski definition) is 1. The highest BCUT2D eigenvalue weighted by Gasteiger charge is 1.95. The summed E-state index contributed by atoms with van der Waals surface area (Å²) < 4.78 is 0. The number of likely N-dealkylation sites (N-methyl/N-ethyl adjacent to an activating group) is 1. The molecule has 0 aliphatic carbocycles. The third-order valence-electron chi connectivity index (χ3n) is 1.30. The van der Waals surface area contributed by atoms with E-state index >= 15 is 0 Å². The summed E-state index contributed by atoms with van der Waals surface area (Å²) >= 11 is 10.9. The summed E-state index contributed by atoms with van der Waals surface area (Å²) in [7, 11) is 0. The highest BCUT2D eigenvalue weighted by atomic mass is 35.5. The molecular formula is C7H13Cl2N. The summed E-state index contributed by atoms with van der Waals surface area (Å²) in [5.41, 5.74) is 1.54. The Morgan fingerprint density at radius 2 is 2.20 bits per heavy atom. The summed E-state index contributed by atoms with van der Waals surface area (Å²) in [6, 6.07) is 0. The fourth-order valence-electron chi connectivity index (χ4n) is 0.687. The second-order valence-electron chi connectivity index (χ2n) is 1.94. The van der Waals surface area contributed by atoms with Crippen LogP contribution in [0, 0.1) is 0 Å². The van der Waals surface area contributed by atoms with Gasteiger partial charge in [0.1, 0.15) is 0 Å². The minimum atomic E-state index is 0.684. The van der Waals surface area contributed by atoms with Crippen LogP contribution < -0.4 is 0 Å². The van der Waals surface area contributed by atoms with Gasteiger partial charge in [0.05, 0.1) is 0 Å². The van der Waals surface area contributed by atoms with Crippen molar-refractivity contribution >= 4 is 23.2 Å². The van der Waals surface area contributed by atoms with Crippen LogP contribution in [0.15, 0.2) is 11.6 Å². The molecule has 0 aliphatic heterocycles. The van der Waals surface area contributed by atoms with Crippen LogP contribution in [0.25, 0.3) is 0 Å². The number of nitrogens with zero attached hydrogens (tertiary/aromatic N) is 1. The first-order valence-electron chi connectivity index (χ1n) is 3.38. The summed E-state index contributed by atoms with van der Waals surface area (Å²) in [5, 5.41) is 0. The van der Waals surface area contributed by atoms with Crippen LogP contribution in [0.4, 0.5) is 0 Å². The molecule has 0 saturated heterocycles. The topological polar surface area (TPSA) is 3.24 Å². The first-order valence-corrected chi connectivity index (χ1v) is 4.35. The molecule has 10 heavy (non-hydrogen) atoms. The first-order chi connectivity index (χ1) is 4.85. The van der Waals surface area contributed by atoms with Gasteiger partial charge in [-0.25, -0.2) is 0 Å². The summed E-state index contributed by atoms with van der Waals surface area (Å²) in [4.78, 5) is 2.21. The van der Waals surface area contributed by atoms with Crippen molar-refractivity contribution in [3.05, 3.63) is 11.6 Å². The zero-order valence-electron chi connectivity index (χ0n) is 6.19. The SMILES string of the molecule is CCN(C/C=C/Cl)CCCl. The van der Waals surface area contributed by atoms with Gasteiger partial charge in [0.2, 0.25) is 0 Å². The molecule has 0 heterocycles. The number of alkyl halides is 1. The minimum Gasteiger partial charge on any atom is -0.299 e. The lowest BCUT2D eigenvalue weighted by atomic mass is 10.5. The molecule has 3 heteroatoms. The standard InChI is InChI=1S/C7H13Cl2N/c1-2-10(7-5-9)6-3-4-8/h3-4H,2,5-7H2,1H3/b4-3+. The van der Waals surface area contributed by atoms with E-state index in [0.717, 1.165) is 19.6 Å². The van der Waals surface area contributed by atoms with Gasteiger partial charge in [-0.3, -0.25) is 4.90 Å². The lowest BCUT2D eigenvalue weighted by molar-refractivity contribution is 0.339. The molecule has 1 nitrogen and oxygen atoms in total. The predicted molar refractivity (Wildman–Crippen MR) is 47.8 cm³/mol. The van der Waals surface area contributed by atoms with Gasteiger partial charge in [-0.15, -0.1) is 11.6 Å². The molecule has 60 valence electrons. The van der Waals surface area contributed by atoms with Gasteiger partial charge < -0.3 is 0 Å². The highest BCUT2D eigenvalue weighted by Crippen LogP contribution is 1.90. The van der Waals surface area contributed by atoms with E-state index in [1.165, 1.54) is 5.54 Å². The monoisotopic (exact) mass is 181 g/mol. The quantitative estimate of drug-likeness (QED) is 0.589. The smallest absolute Gasteiger partial charge is 0.0351 e. The molecule has 0 spiro atoms. The van der Waals surface area contributed by atoms with Crippen molar-refractivity contribution in [2.75, 3.05) is 25.5 Å². The van der Waals surface area contributed by atoms with E-state index in [1.807, 2.05) is 6.08 Å². The fraction of sp³-hybridized carbons (Fsp3) is 0.714. The molecule has 0 atom stereocenters. The number of halogens is 2. The van der Waals surface area contributed by atoms with Gasteiger partial charge in [-0.1, -0.05) is 24.6 Å². The van der Waals surface area contributed by atoms with E-state index in [9.17, 15) is 0 Å². The van der Waals surface area contributed by atoms with Crippen LogP contribution in [0.2, 0.25) is 0 Å². The molecular weight excluding hydrogens is 169 g/mol. The molecule has 0 N–H and O–H groups in total. The molecule has 0 radical (unpaired) electrons. The molecule has 0 fully saturated rings. The Kier molecular flexibility index (Phi) is 7.59. The zero-order chi connectivity index (χ0) is 7.82. The summed E-state index contributed by atoms with van der Waals surface area (Å²) in [6.45, 7) is 4.95. The number of rotatable bonds is 5. The van der Waals surface area contributed by atoms with Crippen LogP contribution in [0.5, 0.6) is 0 Å². The van der Waals surface area contributed by atoms with E-state index in [4.69, 9.17) is 23.2 Å². The van der Waals surface area contributed by atoms with Crippen molar-refractivity contribution in [2.45, 2.75) is 6.92 Å². The Labute approximate surface area is 72.6 Å². The molecule has 0 rings (SSSR count).